The zero-order valence-electron chi connectivity index (χ0n) is 11.4. The number of hydrogen-bond acceptors (Lipinski definition) is 4. The molecule has 1 unspecified atom stereocenters. The average molecular weight is 286 g/mol. The molecule has 5 nitrogen and oxygen atoms in total. The lowest BCUT2D eigenvalue weighted by Crippen LogP contribution is -2.41. The van der Waals surface area contributed by atoms with E-state index in [0.29, 0.717) is 11.6 Å². The largest absolute Gasteiger partial charge is 0.469 e. The van der Waals surface area contributed by atoms with E-state index in [0.717, 1.165) is 31.8 Å². The summed E-state index contributed by atoms with van der Waals surface area (Å²) in [7, 11) is 3.35. The number of imidazole rings is 1. The predicted octanol–water partition coefficient (Wildman–Crippen LogP) is 1.99. The second-order valence-electron chi connectivity index (χ2n) is 4.96. The van der Waals surface area contributed by atoms with Crippen molar-refractivity contribution in [2.45, 2.75) is 38.3 Å². The molecule has 1 saturated heterocycles. The Labute approximate surface area is 118 Å². The molecule has 1 fully saturated rings. The molecule has 106 valence electrons. The number of likely N-dealkylation sites (tertiary alicyclic amines) is 1. The van der Waals surface area contributed by atoms with E-state index in [2.05, 4.69) is 9.88 Å². The number of aromatic nitrogens is 2. The third kappa shape index (κ3) is 3.48. The number of piperidine rings is 1. The van der Waals surface area contributed by atoms with Gasteiger partial charge in [-0.15, -0.1) is 0 Å². The number of nitrogens with zero attached hydrogens (tertiary/aromatic N) is 3. The van der Waals surface area contributed by atoms with Crippen LogP contribution in [0.3, 0.4) is 0 Å². The maximum Gasteiger partial charge on any atom is 0.307 e. The van der Waals surface area contributed by atoms with Gasteiger partial charge >= 0.3 is 5.97 Å². The first kappa shape index (κ1) is 14.3. The van der Waals surface area contributed by atoms with Crippen molar-refractivity contribution in [3.8, 4) is 0 Å². The Bertz CT molecular complexity index is 447. The van der Waals surface area contributed by atoms with Crippen molar-refractivity contribution >= 4 is 17.6 Å². The first-order valence-electron chi connectivity index (χ1n) is 6.58. The highest BCUT2D eigenvalue weighted by Crippen LogP contribution is 2.22. The lowest BCUT2D eigenvalue weighted by atomic mass is 9.99. The topological polar surface area (TPSA) is 47.4 Å². The Morgan fingerprint density at radius 2 is 2.37 bits per heavy atom. The van der Waals surface area contributed by atoms with Gasteiger partial charge in [-0.1, -0.05) is 18.0 Å². The van der Waals surface area contributed by atoms with Crippen molar-refractivity contribution < 1.29 is 9.53 Å². The number of esters is 1. The van der Waals surface area contributed by atoms with E-state index in [1.165, 1.54) is 13.5 Å². The molecule has 0 radical (unpaired) electrons. The average Bonchev–Trinajstić information content (AvgIpc) is 2.73. The van der Waals surface area contributed by atoms with Crippen LogP contribution >= 0.6 is 11.6 Å². The van der Waals surface area contributed by atoms with Crippen molar-refractivity contribution in [2.75, 3.05) is 13.7 Å². The van der Waals surface area contributed by atoms with Crippen LogP contribution < -0.4 is 0 Å². The summed E-state index contributed by atoms with van der Waals surface area (Å²) in [5.74, 6) is 0.788. The van der Waals surface area contributed by atoms with Gasteiger partial charge < -0.3 is 9.30 Å². The van der Waals surface area contributed by atoms with Gasteiger partial charge in [-0.05, 0) is 19.4 Å². The van der Waals surface area contributed by atoms with Gasteiger partial charge in [0.2, 0.25) is 0 Å². The maximum atomic E-state index is 11.5. The molecule has 0 aliphatic carbocycles. The Morgan fingerprint density at radius 3 is 3.00 bits per heavy atom. The lowest BCUT2D eigenvalue weighted by molar-refractivity contribution is -0.142. The van der Waals surface area contributed by atoms with Crippen molar-refractivity contribution in [1.82, 2.24) is 14.5 Å². The summed E-state index contributed by atoms with van der Waals surface area (Å²) in [6, 6.07) is 0.247. The van der Waals surface area contributed by atoms with E-state index in [4.69, 9.17) is 16.3 Å². The first-order chi connectivity index (χ1) is 9.11. The molecule has 0 aromatic carbocycles. The highest BCUT2D eigenvalue weighted by molar-refractivity contribution is 6.29. The van der Waals surface area contributed by atoms with Crippen LogP contribution in [0.4, 0.5) is 0 Å². The SMILES string of the molecule is COC(=O)CC1CCCCN1Cc1ncc(Cl)n1C. The Morgan fingerprint density at radius 1 is 1.58 bits per heavy atom. The lowest BCUT2D eigenvalue weighted by Gasteiger charge is -2.34. The molecule has 1 atom stereocenters. The number of carbonyl (C=O) groups is 1. The Kier molecular flexibility index (Phi) is 4.82. The van der Waals surface area contributed by atoms with E-state index in [9.17, 15) is 4.79 Å². The summed E-state index contributed by atoms with van der Waals surface area (Å²) in [6.07, 6.45) is 5.48. The van der Waals surface area contributed by atoms with Crippen LogP contribution in [-0.2, 0) is 23.1 Å². The fraction of sp³-hybridized carbons (Fsp3) is 0.692. The molecule has 6 heteroatoms. The summed E-state index contributed by atoms with van der Waals surface area (Å²) in [5.41, 5.74) is 0. The van der Waals surface area contributed by atoms with Crippen LogP contribution in [0.5, 0.6) is 0 Å². The number of hydrogen-bond donors (Lipinski definition) is 0. The van der Waals surface area contributed by atoms with Crippen LogP contribution in [-0.4, -0.2) is 40.1 Å². The molecule has 0 spiro atoms. The number of carbonyl (C=O) groups excluding carboxylic acids is 1. The van der Waals surface area contributed by atoms with Crippen LogP contribution in [0.2, 0.25) is 5.15 Å². The summed E-state index contributed by atoms with van der Waals surface area (Å²) < 4.78 is 6.65. The smallest absolute Gasteiger partial charge is 0.307 e. The van der Waals surface area contributed by atoms with Crippen molar-refractivity contribution in [3.63, 3.8) is 0 Å². The number of rotatable bonds is 4. The zero-order valence-corrected chi connectivity index (χ0v) is 12.2. The third-order valence-electron chi connectivity index (χ3n) is 3.75. The third-order valence-corrected chi connectivity index (χ3v) is 4.10. The van der Waals surface area contributed by atoms with E-state index < -0.39 is 0 Å². The summed E-state index contributed by atoms with van der Waals surface area (Å²) >= 11 is 6.00. The predicted molar refractivity (Wildman–Crippen MR) is 72.9 cm³/mol. The molecular formula is C13H20ClN3O2. The molecular weight excluding hydrogens is 266 g/mol. The van der Waals surface area contributed by atoms with Gasteiger partial charge in [0.25, 0.3) is 0 Å². The Balaban J connectivity index is 2.03. The minimum atomic E-state index is -0.144. The molecule has 2 rings (SSSR count). The molecule has 19 heavy (non-hydrogen) atoms. The van der Waals surface area contributed by atoms with Gasteiger partial charge in [0, 0.05) is 13.1 Å². The molecule has 1 aromatic heterocycles. The monoisotopic (exact) mass is 285 g/mol. The first-order valence-corrected chi connectivity index (χ1v) is 6.96. The molecule has 1 aromatic rings. The summed E-state index contributed by atoms with van der Waals surface area (Å²) in [6.45, 7) is 1.72. The zero-order chi connectivity index (χ0) is 13.8. The number of ether oxygens (including phenoxy) is 1. The second kappa shape index (κ2) is 6.39. The molecule has 1 aliphatic rings. The highest BCUT2D eigenvalue weighted by atomic mass is 35.5. The molecule has 2 heterocycles. The van der Waals surface area contributed by atoms with Crippen molar-refractivity contribution in [3.05, 3.63) is 17.2 Å². The van der Waals surface area contributed by atoms with Gasteiger partial charge in [-0.25, -0.2) is 4.98 Å². The number of halogens is 1. The fourth-order valence-corrected chi connectivity index (χ4v) is 2.67. The van der Waals surface area contributed by atoms with E-state index in [-0.39, 0.29) is 12.0 Å². The quantitative estimate of drug-likeness (QED) is 0.794. The van der Waals surface area contributed by atoms with Gasteiger partial charge in [-0.2, -0.15) is 0 Å². The summed E-state index contributed by atoms with van der Waals surface area (Å²) in [5, 5.41) is 0.636. The van der Waals surface area contributed by atoms with Crippen LogP contribution in [0.25, 0.3) is 0 Å². The van der Waals surface area contributed by atoms with Gasteiger partial charge in [0.15, 0.2) is 0 Å². The molecule has 0 bridgehead atoms. The van der Waals surface area contributed by atoms with Crippen LogP contribution in [0.1, 0.15) is 31.5 Å². The van der Waals surface area contributed by atoms with E-state index in [1.54, 1.807) is 6.20 Å². The van der Waals surface area contributed by atoms with E-state index in [1.807, 2.05) is 11.6 Å². The van der Waals surface area contributed by atoms with Gasteiger partial charge in [0.1, 0.15) is 11.0 Å². The molecule has 1 aliphatic heterocycles. The number of methoxy groups -OCH3 is 1. The molecule has 0 saturated carbocycles. The highest BCUT2D eigenvalue weighted by Gasteiger charge is 2.26. The Hall–Kier alpha value is -1.07. The minimum Gasteiger partial charge on any atom is -0.469 e. The van der Waals surface area contributed by atoms with Crippen LogP contribution in [0.15, 0.2) is 6.20 Å². The van der Waals surface area contributed by atoms with Gasteiger partial charge in [-0.3, -0.25) is 9.69 Å². The normalized spacial score (nSPS) is 20.5. The molecule has 0 N–H and O–H groups in total. The van der Waals surface area contributed by atoms with E-state index >= 15 is 0 Å². The van der Waals surface area contributed by atoms with Crippen LogP contribution in [0, 0.1) is 0 Å². The maximum absolute atomic E-state index is 11.5. The minimum absolute atomic E-state index is 0.144. The second-order valence-corrected chi connectivity index (χ2v) is 5.34. The fourth-order valence-electron chi connectivity index (χ4n) is 2.53. The van der Waals surface area contributed by atoms with Gasteiger partial charge in [0.05, 0.1) is 26.3 Å². The van der Waals surface area contributed by atoms with Crippen molar-refractivity contribution in [2.24, 2.45) is 7.05 Å². The molecule has 0 amide bonds. The van der Waals surface area contributed by atoms with Crippen molar-refractivity contribution in [1.29, 1.82) is 0 Å². The summed E-state index contributed by atoms with van der Waals surface area (Å²) in [4.78, 5) is 18.1. The standard InChI is InChI=1S/C13H20ClN3O2/c1-16-11(14)8-15-12(16)9-17-6-4-3-5-10(17)7-13(18)19-2/h8,10H,3-7,9H2,1-2H3.